The van der Waals surface area contributed by atoms with Crippen molar-refractivity contribution in [1.29, 1.82) is 0 Å². The first kappa shape index (κ1) is 18.8. The van der Waals surface area contributed by atoms with Crippen LogP contribution in [-0.4, -0.2) is 43.2 Å². The highest BCUT2D eigenvalue weighted by atomic mass is 79.9. The van der Waals surface area contributed by atoms with Crippen LogP contribution in [0.15, 0.2) is 21.7 Å². The molecule has 1 heterocycles. The fourth-order valence-corrected chi connectivity index (χ4v) is 2.64. The van der Waals surface area contributed by atoms with Crippen LogP contribution in [0.4, 0.5) is 0 Å². The van der Waals surface area contributed by atoms with Gasteiger partial charge in [0.25, 0.3) is 5.91 Å². The van der Waals surface area contributed by atoms with Crippen LogP contribution < -0.4 is 19.6 Å². The maximum Gasteiger partial charge on any atom is 0.293 e. The Morgan fingerprint density at radius 3 is 2.28 bits per heavy atom. The van der Waals surface area contributed by atoms with Gasteiger partial charge in [-0.15, -0.1) is 0 Å². The number of benzene rings is 1. The minimum atomic E-state index is -0.417. The maximum atomic E-state index is 12.2. The Morgan fingerprint density at radius 1 is 1.24 bits per heavy atom. The minimum absolute atomic E-state index is 0.266. The van der Waals surface area contributed by atoms with Crippen LogP contribution in [0.2, 0.25) is 0 Å². The summed E-state index contributed by atoms with van der Waals surface area (Å²) in [6.45, 7) is 1.85. The fraction of sp³-hybridized carbons (Fsp3) is 0.312. The van der Waals surface area contributed by atoms with Gasteiger partial charge in [0, 0.05) is 12.6 Å². The highest BCUT2D eigenvalue weighted by Crippen LogP contribution is 2.37. The number of hydrogen-bond donors (Lipinski definition) is 1. The summed E-state index contributed by atoms with van der Waals surface area (Å²) in [7, 11) is 6.35. The van der Waals surface area contributed by atoms with Gasteiger partial charge in [-0.3, -0.25) is 9.48 Å². The third-order valence-electron chi connectivity index (χ3n) is 3.54. The highest BCUT2D eigenvalue weighted by molar-refractivity contribution is 9.10. The molecule has 0 unspecified atom stereocenters. The molecule has 0 aliphatic carbocycles. The Labute approximate surface area is 153 Å². The van der Waals surface area contributed by atoms with Crippen LogP contribution in [0.1, 0.15) is 21.7 Å². The van der Waals surface area contributed by atoms with E-state index in [-0.39, 0.29) is 5.69 Å². The average Bonchev–Trinajstić information content (AvgIpc) is 2.88. The van der Waals surface area contributed by atoms with Gasteiger partial charge in [0.05, 0.1) is 37.7 Å². The smallest absolute Gasteiger partial charge is 0.293 e. The van der Waals surface area contributed by atoms with Gasteiger partial charge in [-0.2, -0.15) is 10.2 Å². The molecule has 0 aliphatic heterocycles. The van der Waals surface area contributed by atoms with Crippen molar-refractivity contribution in [2.75, 3.05) is 21.3 Å². The van der Waals surface area contributed by atoms with Crippen molar-refractivity contribution in [3.05, 3.63) is 33.6 Å². The second-order valence-corrected chi connectivity index (χ2v) is 5.82. The number of nitrogens with one attached hydrogen (secondary N) is 1. The van der Waals surface area contributed by atoms with E-state index in [9.17, 15) is 4.79 Å². The number of hydrogen-bond acceptors (Lipinski definition) is 6. The molecule has 0 saturated carbocycles. The van der Waals surface area contributed by atoms with Crippen molar-refractivity contribution >= 4 is 28.1 Å². The molecule has 2 aromatic rings. The zero-order chi connectivity index (χ0) is 18.6. The first-order valence-corrected chi connectivity index (χ1v) is 8.04. The zero-order valence-corrected chi connectivity index (χ0v) is 16.2. The number of carbonyl (C=O) groups excluding carboxylic acids is 1. The van der Waals surface area contributed by atoms with Crippen molar-refractivity contribution in [3.8, 4) is 17.2 Å². The van der Waals surface area contributed by atoms with Gasteiger partial charge in [-0.25, -0.2) is 5.43 Å². The topological polar surface area (TPSA) is 87.0 Å². The third kappa shape index (κ3) is 3.93. The molecule has 0 bridgehead atoms. The lowest BCUT2D eigenvalue weighted by Crippen LogP contribution is -2.19. The summed E-state index contributed by atoms with van der Waals surface area (Å²) < 4.78 is 18.1. The number of nitrogens with zero attached hydrogens (tertiary/aromatic N) is 3. The van der Waals surface area contributed by atoms with Gasteiger partial charge < -0.3 is 14.2 Å². The Bertz CT molecular complexity index is 792. The summed E-state index contributed by atoms with van der Waals surface area (Å²) in [5, 5.41) is 8.10. The number of halogens is 1. The van der Waals surface area contributed by atoms with Gasteiger partial charge in [0.2, 0.25) is 5.75 Å². The number of aromatic nitrogens is 2. The summed E-state index contributed by atoms with van der Waals surface area (Å²) in [4.78, 5) is 12.2. The lowest BCUT2D eigenvalue weighted by molar-refractivity contribution is 0.0948. The minimum Gasteiger partial charge on any atom is -0.493 e. The number of carbonyl (C=O) groups is 1. The Balaban J connectivity index is 2.19. The van der Waals surface area contributed by atoms with Crippen LogP contribution >= 0.6 is 15.9 Å². The molecule has 8 nitrogen and oxygen atoms in total. The van der Waals surface area contributed by atoms with E-state index in [0.717, 1.165) is 5.69 Å². The highest BCUT2D eigenvalue weighted by Gasteiger charge is 2.17. The van der Waals surface area contributed by atoms with Gasteiger partial charge in [-0.05, 0) is 35.0 Å². The Hall–Kier alpha value is -2.55. The molecule has 1 aromatic carbocycles. The molecule has 1 N–H and O–H groups in total. The summed E-state index contributed by atoms with van der Waals surface area (Å²) in [6, 6.07) is 3.44. The monoisotopic (exact) mass is 410 g/mol. The SMILES string of the molecule is COc1cc(/C=N/NC(=O)c2nn(C)c(C)c2Br)cc(OC)c1OC. The fourth-order valence-electron chi connectivity index (χ4n) is 2.12. The van der Waals surface area contributed by atoms with Crippen LogP contribution in [-0.2, 0) is 7.05 Å². The van der Waals surface area contributed by atoms with E-state index < -0.39 is 5.91 Å². The predicted octanol–water partition coefficient (Wildman–Crippen LogP) is 2.28. The van der Waals surface area contributed by atoms with Crippen molar-refractivity contribution in [3.63, 3.8) is 0 Å². The third-order valence-corrected chi connectivity index (χ3v) is 4.49. The second kappa shape index (κ2) is 8.02. The molecule has 1 aromatic heterocycles. The van der Waals surface area contributed by atoms with Gasteiger partial charge in [-0.1, -0.05) is 0 Å². The number of ether oxygens (including phenoxy) is 3. The molecule has 0 fully saturated rings. The molecule has 9 heteroatoms. The molecule has 1 amide bonds. The second-order valence-electron chi connectivity index (χ2n) is 5.03. The summed E-state index contributed by atoms with van der Waals surface area (Å²) >= 11 is 3.35. The number of rotatable bonds is 6. The normalized spacial score (nSPS) is 10.8. The molecule has 0 spiro atoms. The Morgan fingerprint density at radius 2 is 1.84 bits per heavy atom. The average molecular weight is 411 g/mol. The van der Waals surface area contributed by atoms with E-state index >= 15 is 0 Å². The predicted molar refractivity (Wildman–Crippen MR) is 96.8 cm³/mol. The molecule has 134 valence electrons. The van der Waals surface area contributed by atoms with Crippen LogP contribution in [0.25, 0.3) is 0 Å². The summed E-state index contributed by atoms with van der Waals surface area (Å²) in [5.74, 6) is 1.06. The number of aryl methyl sites for hydroxylation is 1. The van der Waals surface area contributed by atoms with Crippen molar-refractivity contribution < 1.29 is 19.0 Å². The van der Waals surface area contributed by atoms with Crippen molar-refractivity contribution in [1.82, 2.24) is 15.2 Å². The van der Waals surface area contributed by atoms with Crippen molar-refractivity contribution in [2.24, 2.45) is 12.1 Å². The quantitative estimate of drug-likeness (QED) is 0.582. The first-order valence-electron chi connectivity index (χ1n) is 7.25. The number of amides is 1. The standard InChI is InChI=1S/C16H19BrN4O4/c1-9-13(17)14(20-21(9)2)16(22)19-18-8-10-6-11(23-3)15(25-5)12(7-10)24-4/h6-8H,1-5H3,(H,19,22)/b18-8+. The van der Waals surface area contributed by atoms with E-state index in [1.807, 2.05) is 6.92 Å². The van der Waals surface area contributed by atoms with E-state index in [0.29, 0.717) is 27.3 Å². The van der Waals surface area contributed by atoms with E-state index in [4.69, 9.17) is 14.2 Å². The molecular formula is C16H19BrN4O4. The molecule has 0 atom stereocenters. The van der Waals surface area contributed by atoms with Crippen LogP contribution in [0, 0.1) is 6.92 Å². The molecular weight excluding hydrogens is 392 g/mol. The van der Waals surface area contributed by atoms with Crippen LogP contribution in [0.3, 0.4) is 0 Å². The van der Waals surface area contributed by atoms with Crippen molar-refractivity contribution in [2.45, 2.75) is 6.92 Å². The molecule has 2 rings (SSSR count). The van der Waals surface area contributed by atoms with E-state index in [2.05, 4.69) is 31.6 Å². The van der Waals surface area contributed by atoms with E-state index in [1.165, 1.54) is 27.5 Å². The van der Waals surface area contributed by atoms with Gasteiger partial charge in [0.1, 0.15) is 0 Å². The summed E-state index contributed by atoms with van der Waals surface area (Å²) in [6.07, 6.45) is 1.48. The number of methoxy groups -OCH3 is 3. The number of hydrazone groups is 1. The molecule has 25 heavy (non-hydrogen) atoms. The summed E-state index contributed by atoms with van der Waals surface area (Å²) in [5.41, 5.74) is 4.23. The van der Waals surface area contributed by atoms with E-state index in [1.54, 1.807) is 23.9 Å². The van der Waals surface area contributed by atoms with Gasteiger partial charge >= 0.3 is 0 Å². The molecule has 0 saturated heterocycles. The lowest BCUT2D eigenvalue weighted by atomic mass is 10.2. The zero-order valence-electron chi connectivity index (χ0n) is 14.6. The van der Waals surface area contributed by atoms with Crippen LogP contribution in [0.5, 0.6) is 17.2 Å². The molecule has 0 radical (unpaired) electrons. The largest absolute Gasteiger partial charge is 0.493 e. The first-order chi connectivity index (χ1) is 11.9. The van der Waals surface area contributed by atoms with Gasteiger partial charge in [0.15, 0.2) is 17.2 Å². The molecule has 0 aliphatic rings. The Kier molecular flexibility index (Phi) is 6.02. The maximum absolute atomic E-state index is 12.2. The lowest BCUT2D eigenvalue weighted by Gasteiger charge is -2.12.